The maximum atomic E-state index is 12.8. The first kappa shape index (κ1) is 13.9. The van der Waals surface area contributed by atoms with Gasteiger partial charge >= 0.3 is 0 Å². The van der Waals surface area contributed by atoms with Crippen molar-refractivity contribution in [1.82, 2.24) is 9.88 Å². The molecule has 0 bridgehead atoms. The van der Waals surface area contributed by atoms with Crippen LogP contribution in [0.3, 0.4) is 0 Å². The van der Waals surface area contributed by atoms with Crippen LogP contribution < -0.4 is 4.74 Å². The summed E-state index contributed by atoms with van der Waals surface area (Å²) in [5.74, 6) is 1.55. The molecule has 1 aromatic carbocycles. The van der Waals surface area contributed by atoms with E-state index in [1.54, 1.807) is 25.1 Å². The Morgan fingerprint density at radius 1 is 1.33 bits per heavy atom. The Morgan fingerprint density at radius 3 is 2.95 bits per heavy atom. The van der Waals surface area contributed by atoms with Crippen molar-refractivity contribution in [3.8, 4) is 5.75 Å². The third-order valence-electron chi connectivity index (χ3n) is 3.46. The molecule has 1 aromatic heterocycles. The predicted molar refractivity (Wildman–Crippen MR) is 83.5 cm³/mol. The highest BCUT2D eigenvalue weighted by Gasteiger charge is 2.32. The third kappa shape index (κ3) is 2.74. The van der Waals surface area contributed by atoms with Gasteiger partial charge < -0.3 is 9.64 Å². The fraction of sp³-hybridized carbons (Fsp3) is 0.250. The smallest absolute Gasteiger partial charge is 0.258 e. The molecule has 1 fully saturated rings. The molecule has 1 aliphatic rings. The standard InChI is InChI=1S/C16H16N2O2S/c1-20-14-7-3-2-6-13(14)15(19)18-9-10-21-16(18)12-5-4-8-17-11-12/h2-8,11,16H,9-10H2,1H3. The Morgan fingerprint density at radius 2 is 2.19 bits per heavy atom. The van der Waals surface area contributed by atoms with Gasteiger partial charge in [-0.2, -0.15) is 0 Å². The van der Waals surface area contributed by atoms with Crippen LogP contribution in [0.4, 0.5) is 0 Å². The van der Waals surface area contributed by atoms with Gasteiger partial charge in [0, 0.05) is 30.3 Å². The molecule has 5 heteroatoms. The van der Waals surface area contributed by atoms with E-state index < -0.39 is 0 Å². The lowest BCUT2D eigenvalue weighted by atomic mass is 10.1. The number of hydrogen-bond donors (Lipinski definition) is 0. The number of benzene rings is 1. The van der Waals surface area contributed by atoms with E-state index in [0.717, 1.165) is 17.9 Å². The Balaban J connectivity index is 1.90. The zero-order valence-electron chi connectivity index (χ0n) is 11.7. The quantitative estimate of drug-likeness (QED) is 0.874. The van der Waals surface area contributed by atoms with Gasteiger partial charge in [-0.25, -0.2) is 0 Å². The van der Waals surface area contributed by atoms with Crippen molar-refractivity contribution in [1.29, 1.82) is 0 Å². The molecule has 1 saturated heterocycles. The third-order valence-corrected chi connectivity index (χ3v) is 4.72. The molecule has 3 rings (SSSR count). The molecule has 0 radical (unpaired) electrons. The zero-order chi connectivity index (χ0) is 14.7. The number of methoxy groups -OCH3 is 1. The average molecular weight is 300 g/mol. The van der Waals surface area contributed by atoms with Crippen LogP contribution in [-0.2, 0) is 0 Å². The van der Waals surface area contributed by atoms with Gasteiger partial charge in [-0.15, -0.1) is 11.8 Å². The average Bonchev–Trinajstić information content (AvgIpc) is 3.04. The summed E-state index contributed by atoms with van der Waals surface area (Å²) >= 11 is 1.76. The molecule has 2 heterocycles. The highest BCUT2D eigenvalue weighted by molar-refractivity contribution is 7.99. The Labute approximate surface area is 128 Å². The monoisotopic (exact) mass is 300 g/mol. The number of amides is 1. The van der Waals surface area contributed by atoms with Crippen LogP contribution in [0, 0.1) is 0 Å². The van der Waals surface area contributed by atoms with Gasteiger partial charge in [0.15, 0.2) is 0 Å². The maximum absolute atomic E-state index is 12.8. The predicted octanol–water partition coefficient (Wildman–Crippen LogP) is 2.98. The molecule has 0 aliphatic carbocycles. The van der Waals surface area contributed by atoms with Crippen LogP contribution in [0.15, 0.2) is 48.8 Å². The number of carbonyl (C=O) groups is 1. The minimum Gasteiger partial charge on any atom is -0.496 e. The first-order valence-corrected chi connectivity index (χ1v) is 7.81. The van der Waals surface area contributed by atoms with Crippen molar-refractivity contribution in [2.45, 2.75) is 5.37 Å². The summed E-state index contributed by atoms with van der Waals surface area (Å²) in [6.45, 7) is 0.737. The number of hydrogen-bond acceptors (Lipinski definition) is 4. The molecule has 0 spiro atoms. The van der Waals surface area contributed by atoms with E-state index >= 15 is 0 Å². The van der Waals surface area contributed by atoms with Crippen LogP contribution in [0.25, 0.3) is 0 Å². The van der Waals surface area contributed by atoms with Crippen LogP contribution in [0.1, 0.15) is 21.3 Å². The summed E-state index contributed by atoms with van der Waals surface area (Å²) in [7, 11) is 1.59. The van der Waals surface area contributed by atoms with Crippen molar-refractivity contribution >= 4 is 17.7 Å². The van der Waals surface area contributed by atoms with Crippen LogP contribution in [-0.4, -0.2) is 35.2 Å². The summed E-state index contributed by atoms with van der Waals surface area (Å²) < 4.78 is 5.30. The van der Waals surface area contributed by atoms with Gasteiger partial charge in [0.1, 0.15) is 11.1 Å². The maximum Gasteiger partial charge on any atom is 0.258 e. The highest BCUT2D eigenvalue weighted by Crippen LogP contribution is 2.39. The lowest BCUT2D eigenvalue weighted by molar-refractivity contribution is 0.0757. The van der Waals surface area contributed by atoms with Gasteiger partial charge in [0.25, 0.3) is 5.91 Å². The number of pyridine rings is 1. The molecule has 1 amide bonds. The van der Waals surface area contributed by atoms with Crippen LogP contribution in [0.5, 0.6) is 5.75 Å². The van der Waals surface area contributed by atoms with Gasteiger partial charge in [0.2, 0.25) is 0 Å². The number of nitrogens with zero attached hydrogens (tertiary/aromatic N) is 2. The Bertz CT molecular complexity index is 633. The fourth-order valence-corrected chi connectivity index (χ4v) is 3.69. The van der Waals surface area contributed by atoms with Gasteiger partial charge in [-0.05, 0) is 18.2 Å². The molecule has 2 aromatic rings. The second kappa shape index (κ2) is 6.18. The van der Waals surface area contributed by atoms with Gasteiger partial charge in [-0.3, -0.25) is 9.78 Å². The highest BCUT2D eigenvalue weighted by atomic mass is 32.2. The van der Waals surface area contributed by atoms with Gasteiger partial charge in [0.05, 0.1) is 12.7 Å². The minimum absolute atomic E-state index is 0.00584. The van der Waals surface area contributed by atoms with E-state index in [-0.39, 0.29) is 11.3 Å². The van der Waals surface area contributed by atoms with Crippen molar-refractivity contribution in [3.63, 3.8) is 0 Å². The Hall–Kier alpha value is -2.01. The fourth-order valence-electron chi connectivity index (χ4n) is 2.45. The molecular formula is C16H16N2O2S. The molecule has 1 unspecified atom stereocenters. The van der Waals surface area contributed by atoms with Crippen LogP contribution >= 0.6 is 11.8 Å². The number of para-hydroxylation sites is 1. The molecule has 4 nitrogen and oxygen atoms in total. The van der Waals surface area contributed by atoms with E-state index in [2.05, 4.69) is 4.98 Å². The lowest BCUT2D eigenvalue weighted by Crippen LogP contribution is -2.30. The number of ether oxygens (including phenoxy) is 1. The van der Waals surface area contributed by atoms with E-state index in [0.29, 0.717) is 11.3 Å². The number of aromatic nitrogens is 1. The van der Waals surface area contributed by atoms with Crippen molar-refractivity contribution in [2.24, 2.45) is 0 Å². The number of rotatable bonds is 3. The van der Waals surface area contributed by atoms with Crippen molar-refractivity contribution in [3.05, 3.63) is 59.9 Å². The van der Waals surface area contributed by atoms with Crippen molar-refractivity contribution in [2.75, 3.05) is 19.4 Å². The first-order chi connectivity index (χ1) is 10.3. The molecule has 21 heavy (non-hydrogen) atoms. The van der Waals surface area contributed by atoms with Gasteiger partial charge in [-0.1, -0.05) is 18.2 Å². The SMILES string of the molecule is COc1ccccc1C(=O)N1CCSC1c1cccnc1. The molecule has 1 atom stereocenters. The van der Waals surface area contributed by atoms with E-state index in [1.807, 2.05) is 47.5 Å². The van der Waals surface area contributed by atoms with E-state index in [1.165, 1.54) is 0 Å². The van der Waals surface area contributed by atoms with Crippen LogP contribution in [0.2, 0.25) is 0 Å². The summed E-state index contributed by atoms with van der Waals surface area (Å²) in [6, 6.07) is 11.3. The normalized spacial score (nSPS) is 17.8. The summed E-state index contributed by atoms with van der Waals surface area (Å²) in [6.07, 6.45) is 3.57. The lowest BCUT2D eigenvalue weighted by Gasteiger charge is -2.24. The second-order valence-electron chi connectivity index (χ2n) is 4.71. The molecule has 0 N–H and O–H groups in total. The number of carbonyl (C=O) groups excluding carboxylic acids is 1. The topological polar surface area (TPSA) is 42.4 Å². The Kier molecular flexibility index (Phi) is 4.10. The van der Waals surface area contributed by atoms with E-state index in [9.17, 15) is 4.79 Å². The summed E-state index contributed by atoms with van der Waals surface area (Å²) in [5.41, 5.74) is 1.67. The summed E-state index contributed by atoms with van der Waals surface area (Å²) in [5, 5.41) is 0.0242. The zero-order valence-corrected chi connectivity index (χ0v) is 12.5. The first-order valence-electron chi connectivity index (χ1n) is 6.77. The minimum atomic E-state index is 0.00584. The second-order valence-corrected chi connectivity index (χ2v) is 5.90. The number of thioether (sulfide) groups is 1. The molecular weight excluding hydrogens is 284 g/mol. The van der Waals surface area contributed by atoms with Crippen molar-refractivity contribution < 1.29 is 9.53 Å². The van der Waals surface area contributed by atoms with E-state index in [4.69, 9.17) is 4.74 Å². The summed E-state index contributed by atoms with van der Waals surface area (Å²) in [4.78, 5) is 18.9. The largest absolute Gasteiger partial charge is 0.496 e. The molecule has 1 aliphatic heterocycles. The molecule has 108 valence electrons. The molecule has 0 saturated carbocycles.